The molecule has 3 fully saturated rings. The molecule has 4 aromatic rings. The zero-order valence-corrected chi connectivity index (χ0v) is 35.6. The molecule has 0 saturated carbocycles. The summed E-state index contributed by atoms with van der Waals surface area (Å²) in [6, 6.07) is 12.4. The van der Waals surface area contributed by atoms with Crippen molar-refractivity contribution in [2.75, 3.05) is 19.8 Å². The number of aliphatic hydroxyl groups is 8. The van der Waals surface area contributed by atoms with E-state index in [0.717, 1.165) is 30.3 Å². The van der Waals surface area contributed by atoms with Gasteiger partial charge in [0.2, 0.25) is 18.3 Å². The van der Waals surface area contributed by atoms with Crippen molar-refractivity contribution in [2.45, 2.75) is 92.4 Å². The summed E-state index contributed by atoms with van der Waals surface area (Å²) >= 11 is 0. The minimum Gasteiger partial charge on any atom is -0.508 e. The summed E-state index contributed by atoms with van der Waals surface area (Å²) in [4.78, 5) is 35.6. The molecule has 0 amide bonds. The topological polar surface area (TPSA) is 399 Å². The molecule has 3 aliphatic rings. The van der Waals surface area contributed by atoms with Gasteiger partial charge in [0.15, 0.2) is 23.9 Å². The number of carbonyl (C=O) groups excluding carboxylic acids is 2. The van der Waals surface area contributed by atoms with Crippen LogP contribution in [0.25, 0.3) is 28.4 Å². The molecule has 3 aromatic carbocycles. The van der Waals surface area contributed by atoms with Gasteiger partial charge in [-0.3, -0.25) is 9.59 Å². The van der Waals surface area contributed by atoms with Gasteiger partial charge < -0.3 is 104 Å². The van der Waals surface area contributed by atoms with Gasteiger partial charge in [0, 0.05) is 24.3 Å². The number of phenolic OH excluding ortho intramolecular Hbond substituents is 4. The number of hydrogen-bond donors (Lipinski definition) is 13. The number of aromatic hydroxyl groups is 4. The van der Waals surface area contributed by atoms with E-state index in [2.05, 4.69) is 0 Å². The largest absolute Gasteiger partial charge is 0.508 e. The zero-order valence-electron chi connectivity index (χ0n) is 35.6. The number of phenols is 4. The number of hydrogen-bond acceptors (Lipinski definition) is 23. The zero-order chi connectivity index (χ0) is 49.8. The molecule has 14 atom stereocenters. The molecule has 1 aromatic heterocycles. The Morgan fingerprint density at radius 3 is 2.00 bits per heavy atom. The first-order valence-corrected chi connectivity index (χ1v) is 20.8. The molecule has 7 rings (SSSR count). The van der Waals surface area contributed by atoms with Gasteiger partial charge in [-0.25, -0.2) is 9.21 Å². The maximum absolute atomic E-state index is 12.8. The van der Waals surface area contributed by atoms with Gasteiger partial charge in [-0.1, -0.05) is 12.1 Å². The second-order valence-electron chi connectivity index (χ2n) is 15.9. The lowest BCUT2D eigenvalue weighted by molar-refractivity contribution is -0.345. The van der Waals surface area contributed by atoms with Crippen LogP contribution in [-0.2, 0) is 42.8 Å². The molecule has 13 N–H and O–H groups in total. The third-order valence-corrected chi connectivity index (χ3v) is 11.0. The summed E-state index contributed by atoms with van der Waals surface area (Å²) in [5.74, 6) is -6.55. The van der Waals surface area contributed by atoms with Crippen molar-refractivity contribution in [3.63, 3.8) is 0 Å². The summed E-state index contributed by atoms with van der Waals surface area (Å²) in [7, 11) is 0. The summed E-state index contributed by atoms with van der Waals surface area (Å²) in [5, 5.41) is 136. The van der Waals surface area contributed by atoms with Crippen molar-refractivity contribution in [1.82, 2.24) is 0 Å². The lowest BCUT2D eigenvalue weighted by Crippen LogP contribution is -2.64. The van der Waals surface area contributed by atoms with E-state index in [-0.39, 0.29) is 28.0 Å². The first-order valence-electron chi connectivity index (χ1n) is 20.8. The molecule has 372 valence electrons. The molecule has 4 heterocycles. The normalized spacial score (nSPS) is 30.4. The molecule has 3 saturated heterocycles. The Kier molecular flexibility index (Phi) is 15.7. The van der Waals surface area contributed by atoms with Crippen LogP contribution in [0.4, 0.5) is 0 Å². The molecule has 3 aliphatic heterocycles. The number of esters is 2. The smallest absolute Gasteiger partial charge is 0.402 e. The Bertz CT molecular complexity index is 2500. The molecule has 0 radical (unpaired) electrons. The van der Waals surface area contributed by atoms with Gasteiger partial charge in [0.1, 0.15) is 103 Å². The third kappa shape index (κ3) is 11.7. The molecule has 0 spiro atoms. The van der Waals surface area contributed by atoms with Crippen LogP contribution in [0.5, 0.6) is 34.5 Å². The first kappa shape index (κ1) is 50.4. The van der Waals surface area contributed by atoms with Crippen molar-refractivity contribution in [1.29, 1.82) is 0 Å². The Labute approximate surface area is 387 Å². The minimum absolute atomic E-state index is 0.0159. The number of rotatable bonds is 15. The first-order chi connectivity index (χ1) is 32.8. The average Bonchev–Trinajstić information content (AvgIpc) is 3.31. The number of fused-ring (bicyclic) bond motifs is 1. The molecular formula is C44H47O25+. The van der Waals surface area contributed by atoms with Gasteiger partial charge in [-0.05, 0) is 35.9 Å². The highest BCUT2D eigenvalue weighted by Crippen LogP contribution is 2.44. The van der Waals surface area contributed by atoms with Crippen molar-refractivity contribution in [3.8, 4) is 45.8 Å². The van der Waals surface area contributed by atoms with Gasteiger partial charge in [-0.2, -0.15) is 0 Å². The van der Waals surface area contributed by atoms with E-state index in [0.29, 0.717) is 5.56 Å². The fourth-order valence-electron chi connectivity index (χ4n) is 7.27. The van der Waals surface area contributed by atoms with Crippen molar-refractivity contribution < 1.29 is 123 Å². The second kappa shape index (κ2) is 21.5. The standard InChI is InChI=1S/C44H46O25/c45-19-5-1-17(2-6-19)3-8-31(52)61-15-29-35(56)37(58)41(69-42-38(59)33(54)24(49)14-63-42)44(68-29)66-27-12-21-25(64-40(27)18-4-7-22(47)23(48)9-18)10-20(46)11-26(21)65-43-39(60)36(57)34(55)28(67-43)16-62-32(53)13-30(50)51/h1-12,24,28-29,33-39,41-44,49,54-60H,13-16H2,(H4-,45,46,47,48,50,51,52)/p+1. The van der Waals surface area contributed by atoms with Crippen molar-refractivity contribution in [2.24, 2.45) is 0 Å². The minimum atomic E-state index is -2.04. The second-order valence-corrected chi connectivity index (χ2v) is 15.9. The van der Waals surface area contributed by atoms with Crippen LogP contribution in [0.3, 0.4) is 0 Å². The summed E-state index contributed by atoms with van der Waals surface area (Å²) in [6.07, 6.45) is -24.6. The third-order valence-electron chi connectivity index (χ3n) is 11.0. The van der Waals surface area contributed by atoms with Crippen LogP contribution in [0.2, 0.25) is 0 Å². The molecule has 0 aliphatic carbocycles. The molecule has 25 nitrogen and oxygen atoms in total. The number of benzene rings is 3. The van der Waals surface area contributed by atoms with E-state index in [1.165, 1.54) is 42.5 Å². The highest BCUT2D eigenvalue weighted by Gasteiger charge is 2.51. The van der Waals surface area contributed by atoms with Crippen LogP contribution in [0.1, 0.15) is 12.0 Å². The van der Waals surface area contributed by atoms with Crippen molar-refractivity contribution in [3.05, 3.63) is 72.3 Å². The Balaban J connectivity index is 1.25. The highest BCUT2D eigenvalue weighted by atomic mass is 16.8. The lowest BCUT2D eigenvalue weighted by atomic mass is 9.98. The number of aliphatic hydroxyl groups excluding tert-OH is 8. The van der Waals surface area contributed by atoms with Crippen LogP contribution in [0, 0.1) is 0 Å². The predicted molar refractivity (Wildman–Crippen MR) is 224 cm³/mol. The van der Waals surface area contributed by atoms with Gasteiger partial charge in [0.25, 0.3) is 0 Å². The van der Waals surface area contributed by atoms with Gasteiger partial charge in [0.05, 0.1) is 18.2 Å². The molecule has 14 unspecified atom stereocenters. The fraction of sp³-hybridized carbons (Fsp3) is 0.409. The van der Waals surface area contributed by atoms with E-state index in [1.54, 1.807) is 0 Å². The molecular weight excluding hydrogens is 928 g/mol. The van der Waals surface area contributed by atoms with Crippen LogP contribution < -0.4 is 9.47 Å². The maximum atomic E-state index is 12.8. The van der Waals surface area contributed by atoms with E-state index >= 15 is 0 Å². The molecule has 25 heteroatoms. The van der Waals surface area contributed by atoms with E-state index in [4.69, 9.17) is 47.4 Å². The summed E-state index contributed by atoms with van der Waals surface area (Å²) in [6.45, 7) is -2.10. The molecule has 69 heavy (non-hydrogen) atoms. The van der Waals surface area contributed by atoms with E-state index < -0.39 is 159 Å². The SMILES string of the molecule is O=C(O)CC(=O)OCC1OC(Oc2cc(O)cc3[o+]c(-c4ccc(O)c(O)c4)c(OC4OC(COC(=O)C=Cc5ccc(O)cc5)C(O)C(O)C4OC4OCC(O)C(O)C4O)cc23)C(O)C(O)C1O. The number of aliphatic carboxylic acids is 1. The lowest BCUT2D eigenvalue weighted by Gasteiger charge is -2.44. The number of carboxylic acid groups (broad SMARTS) is 1. The Hall–Kier alpha value is -6.46. The predicted octanol–water partition coefficient (Wildman–Crippen LogP) is -1.69. The quantitative estimate of drug-likeness (QED) is 0.0208. The van der Waals surface area contributed by atoms with Gasteiger partial charge >= 0.3 is 29.3 Å². The maximum Gasteiger partial charge on any atom is 0.402 e. The summed E-state index contributed by atoms with van der Waals surface area (Å²) < 4.78 is 51.5. The number of carbonyl (C=O) groups is 3. The molecule has 0 bridgehead atoms. The van der Waals surface area contributed by atoms with E-state index in [9.17, 15) is 75.7 Å². The average molecular weight is 976 g/mol. The van der Waals surface area contributed by atoms with Crippen LogP contribution in [0.15, 0.2) is 71.2 Å². The number of carboxylic acids is 1. The number of ether oxygens (including phenoxy) is 8. The van der Waals surface area contributed by atoms with E-state index in [1.807, 2.05) is 0 Å². The Morgan fingerprint density at radius 2 is 1.30 bits per heavy atom. The Morgan fingerprint density at radius 1 is 0.652 bits per heavy atom. The van der Waals surface area contributed by atoms with Crippen molar-refractivity contribution >= 4 is 35.0 Å². The van der Waals surface area contributed by atoms with Crippen LogP contribution >= 0.6 is 0 Å². The highest BCUT2D eigenvalue weighted by molar-refractivity contribution is 5.90. The summed E-state index contributed by atoms with van der Waals surface area (Å²) in [5.41, 5.74) is 0.253. The van der Waals surface area contributed by atoms with Gasteiger partial charge in [-0.15, -0.1) is 0 Å². The van der Waals surface area contributed by atoms with Crippen LogP contribution in [-0.4, -0.2) is 190 Å². The fourth-order valence-corrected chi connectivity index (χ4v) is 7.27. The monoisotopic (exact) mass is 975 g/mol.